The molecule has 5 heteroatoms. The molecular weight excluding hydrogens is 348 g/mol. The summed E-state index contributed by atoms with van der Waals surface area (Å²) in [6, 6.07) is 22.2. The van der Waals surface area contributed by atoms with Gasteiger partial charge in [-0.1, -0.05) is 30.3 Å². The molecule has 2 aromatic carbocycles. The number of hydrogen-bond acceptors (Lipinski definition) is 4. The smallest absolute Gasteiger partial charge is 0.255 e. The van der Waals surface area contributed by atoms with Gasteiger partial charge in [-0.05, 0) is 48.9 Å². The van der Waals surface area contributed by atoms with E-state index in [0.717, 1.165) is 37.7 Å². The second kappa shape index (κ2) is 8.13. The lowest BCUT2D eigenvalue weighted by atomic mass is 10.2. The maximum atomic E-state index is 12.8. The zero-order valence-corrected chi connectivity index (χ0v) is 16.0. The third-order valence-electron chi connectivity index (χ3n) is 4.99. The highest BCUT2D eigenvalue weighted by Gasteiger charge is 2.22. The molecule has 0 atom stereocenters. The van der Waals surface area contributed by atoms with Crippen LogP contribution in [0.2, 0.25) is 0 Å². The Morgan fingerprint density at radius 2 is 1.71 bits per heavy atom. The third-order valence-corrected chi connectivity index (χ3v) is 4.99. The Morgan fingerprint density at radius 1 is 0.929 bits per heavy atom. The number of anilines is 3. The van der Waals surface area contributed by atoms with Gasteiger partial charge in [0, 0.05) is 43.8 Å². The van der Waals surface area contributed by atoms with Gasteiger partial charge in [-0.3, -0.25) is 4.79 Å². The Balaban J connectivity index is 1.36. The van der Waals surface area contributed by atoms with E-state index in [2.05, 4.69) is 46.4 Å². The summed E-state index contributed by atoms with van der Waals surface area (Å²) in [5.41, 5.74) is 4.01. The number of nitrogens with zero attached hydrogens (tertiary/aromatic N) is 3. The Kier molecular flexibility index (Phi) is 5.24. The van der Waals surface area contributed by atoms with Crippen LogP contribution in [-0.2, 0) is 0 Å². The van der Waals surface area contributed by atoms with Gasteiger partial charge in [-0.25, -0.2) is 4.98 Å². The number of hydrogen-bond donors (Lipinski definition) is 1. The summed E-state index contributed by atoms with van der Waals surface area (Å²) in [5, 5.41) is 3.27. The van der Waals surface area contributed by atoms with Crippen molar-refractivity contribution in [3.8, 4) is 0 Å². The first-order valence-electron chi connectivity index (χ1n) is 9.58. The Morgan fingerprint density at radius 3 is 2.39 bits per heavy atom. The summed E-state index contributed by atoms with van der Waals surface area (Å²) in [6.07, 6.45) is 1.66. The minimum Gasteiger partial charge on any atom is -0.368 e. The SMILES string of the molecule is Cc1cccc(Nc2ccc(C(=O)N3CCN(c4ccccc4)CC3)cn2)c1. The summed E-state index contributed by atoms with van der Waals surface area (Å²) in [7, 11) is 0. The molecule has 0 unspecified atom stereocenters. The number of carbonyl (C=O) groups is 1. The number of nitrogens with one attached hydrogen (secondary N) is 1. The van der Waals surface area contributed by atoms with E-state index < -0.39 is 0 Å². The van der Waals surface area contributed by atoms with Crippen molar-refractivity contribution in [2.24, 2.45) is 0 Å². The molecule has 0 saturated carbocycles. The Hall–Kier alpha value is -3.34. The molecule has 4 rings (SSSR count). The van der Waals surface area contributed by atoms with Crippen LogP contribution in [0.5, 0.6) is 0 Å². The van der Waals surface area contributed by atoms with E-state index in [-0.39, 0.29) is 5.91 Å². The van der Waals surface area contributed by atoms with E-state index in [0.29, 0.717) is 5.56 Å². The first kappa shape index (κ1) is 18.0. The molecule has 1 fully saturated rings. The molecule has 1 saturated heterocycles. The van der Waals surface area contributed by atoms with Gasteiger partial charge in [0.2, 0.25) is 0 Å². The largest absolute Gasteiger partial charge is 0.368 e. The first-order chi connectivity index (χ1) is 13.7. The Bertz CT molecular complexity index is 932. The summed E-state index contributed by atoms with van der Waals surface area (Å²) < 4.78 is 0. The lowest BCUT2D eigenvalue weighted by molar-refractivity contribution is 0.0746. The fourth-order valence-corrected chi connectivity index (χ4v) is 3.45. The molecule has 28 heavy (non-hydrogen) atoms. The zero-order chi connectivity index (χ0) is 19.3. The van der Waals surface area contributed by atoms with Crippen LogP contribution in [-0.4, -0.2) is 42.0 Å². The standard InChI is InChI=1S/C23H24N4O/c1-18-6-5-7-20(16-18)25-22-11-10-19(17-24-22)23(28)27-14-12-26(13-15-27)21-8-3-2-4-9-21/h2-11,16-17H,12-15H2,1H3,(H,24,25). The maximum absolute atomic E-state index is 12.8. The number of aromatic nitrogens is 1. The molecule has 1 amide bonds. The Labute approximate surface area is 165 Å². The average Bonchev–Trinajstić information content (AvgIpc) is 2.75. The van der Waals surface area contributed by atoms with Crippen LogP contribution in [0.15, 0.2) is 72.9 Å². The van der Waals surface area contributed by atoms with Crippen LogP contribution in [0.3, 0.4) is 0 Å². The van der Waals surface area contributed by atoms with Crippen LogP contribution < -0.4 is 10.2 Å². The van der Waals surface area contributed by atoms with Crippen molar-refractivity contribution < 1.29 is 4.79 Å². The molecule has 5 nitrogen and oxygen atoms in total. The van der Waals surface area contributed by atoms with Gasteiger partial charge in [-0.2, -0.15) is 0 Å². The van der Waals surface area contributed by atoms with Crippen molar-refractivity contribution in [1.29, 1.82) is 0 Å². The predicted molar refractivity (Wildman–Crippen MR) is 113 cm³/mol. The maximum Gasteiger partial charge on any atom is 0.255 e. The van der Waals surface area contributed by atoms with Crippen molar-refractivity contribution in [3.05, 3.63) is 84.1 Å². The minimum absolute atomic E-state index is 0.0438. The van der Waals surface area contributed by atoms with E-state index in [4.69, 9.17) is 0 Å². The van der Waals surface area contributed by atoms with Gasteiger partial charge in [0.05, 0.1) is 5.56 Å². The van der Waals surface area contributed by atoms with Gasteiger partial charge in [0.15, 0.2) is 0 Å². The number of aryl methyl sites for hydroxylation is 1. The molecular formula is C23H24N4O. The summed E-state index contributed by atoms with van der Waals surface area (Å²) >= 11 is 0. The molecule has 1 N–H and O–H groups in total. The van der Waals surface area contributed by atoms with Crippen LogP contribution >= 0.6 is 0 Å². The lowest BCUT2D eigenvalue weighted by Crippen LogP contribution is -2.48. The van der Waals surface area contributed by atoms with Gasteiger partial charge >= 0.3 is 0 Å². The molecule has 1 aliphatic rings. The summed E-state index contributed by atoms with van der Waals surface area (Å²) in [6.45, 7) is 5.18. The summed E-state index contributed by atoms with van der Waals surface area (Å²) in [5.74, 6) is 0.776. The second-order valence-corrected chi connectivity index (χ2v) is 7.04. The van der Waals surface area contributed by atoms with Gasteiger partial charge in [0.1, 0.15) is 5.82 Å². The number of benzene rings is 2. The molecule has 1 aliphatic heterocycles. The van der Waals surface area contributed by atoms with Gasteiger partial charge in [-0.15, -0.1) is 0 Å². The van der Waals surface area contributed by atoms with E-state index in [1.54, 1.807) is 6.20 Å². The molecule has 1 aromatic heterocycles. The number of amides is 1. The van der Waals surface area contributed by atoms with Gasteiger partial charge < -0.3 is 15.1 Å². The number of pyridine rings is 1. The number of para-hydroxylation sites is 1. The topological polar surface area (TPSA) is 48.5 Å². The molecule has 3 aromatic rings. The monoisotopic (exact) mass is 372 g/mol. The van der Waals surface area contributed by atoms with E-state index >= 15 is 0 Å². The van der Waals surface area contributed by atoms with Crippen molar-refractivity contribution in [3.63, 3.8) is 0 Å². The van der Waals surface area contributed by atoms with E-state index in [9.17, 15) is 4.79 Å². The summed E-state index contributed by atoms with van der Waals surface area (Å²) in [4.78, 5) is 21.4. The van der Waals surface area contributed by atoms with Crippen molar-refractivity contribution in [1.82, 2.24) is 9.88 Å². The lowest BCUT2D eigenvalue weighted by Gasteiger charge is -2.36. The van der Waals surface area contributed by atoms with Crippen LogP contribution in [0, 0.1) is 6.92 Å². The van der Waals surface area contributed by atoms with Crippen LogP contribution in [0.25, 0.3) is 0 Å². The third kappa shape index (κ3) is 4.14. The second-order valence-electron chi connectivity index (χ2n) is 7.04. The van der Waals surface area contributed by atoms with Crippen LogP contribution in [0.1, 0.15) is 15.9 Å². The van der Waals surface area contributed by atoms with E-state index in [1.165, 1.54) is 11.3 Å². The van der Waals surface area contributed by atoms with Crippen molar-refractivity contribution >= 4 is 23.1 Å². The van der Waals surface area contributed by atoms with Gasteiger partial charge in [0.25, 0.3) is 5.91 Å². The van der Waals surface area contributed by atoms with Crippen molar-refractivity contribution in [2.45, 2.75) is 6.92 Å². The fourth-order valence-electron chi connectivity index (χ4n) is 3.45. The molecule has 142 valence electrons. The average molecular weight is 372 g/mol. The minimum atomic E-state index is 0.0438. The first-order valence-corrected chi connectivity index (χ1v) is 9.58. The van der Waals surface area contributed by atoms with Crippen LogP contribution in [0.4, 0.5) is 17.2 Å². The fraction of sp³-hybridized carbons (Fsp3) is 0.217. The molecule has 0 spiro atoms. The number of piperazine rings is 1. The van der Waals surface area contributed by atoms with E-state index in [1.807, 2.05) is 47.4 Å². The highest BCUT2D eigenvalue weighted by molar-refractivity contribution is 5.94. The van der Waals surface area contributed by atoms with Crippen molar-refractivity contribution in [2.75, 3.05) is 36.4 Å². The predicted octanol–water partition coefficient (Wildman–Crippen LogP) is 4.10. The highest BCUT2D eigenvalue weighted by atomic mass is 16.2. The molecule has 2 heterocycles. The number of carbonyl (C=O) groups excluding carboxylic acids is 1. The highest BCUT2D eigenvalue weighted by Crippen LogP contribution is 2.18. The normalized spacial score (nSPS) is 14.0. The molecule has 0 radical (unpaired) electrons. The molecule has 0 aliphatic carbocycles. The molecule has 0 bridgehead atoms. The number of rotatable bonds is 4. The quantitative estimate of drug-likeness (QED) is 0.749. The zero-order valence-electron chi connectivity index (χ0n) is 16.0.